The van der Waals surface area contributed by atoms with E-state index in [1.165, 1.54) is 24.2 Å². The fraction of sp³-hybridized carbons (Fsp3) is 0.632. The highest BCUT2D eigenvalue weighted by Gasteiger charge is 2.19. The highest BCUT2D eigenvalue weighted by Crippen LogP contribution is 2.23. The Kier molecular flexibility index (Phi) is 6.49. The van der Waals surface area contributed by atoms with Crippen molar-refractivity contribution in [2.24, 2.45) is 0 Å². The SMILES string of the molecule is CN(CC(C)(C)O)C(=O)NCc1cccc(OC2CCCCC2)c1. The highest BCUT2D eigenvalue weighted by atomic mass is 16.5. The van der Waals surface area contributed by atoms with Crippen LogP contribution in [0.4, 0.5) is 4.79 Å². The minimum absolute atomic E-state index is 0.198. The summed E-state index contributed by atoms with van der Waals surface area (Å²) in [4.78, 5) is 13.6. The molecule has 1 aliphatic rings. The predicted octanol–water partition coefficient (Wildman–Crippen LogP) is 3.31. The highest BCUT2D eigenvalue weighted by molar-refractivity contribution is 5.73. The van der Waals surface area contributed by atoms with Crippen LogP contribution in [-0.2, 0) is 6.54 Å². The molecule has 2 amide bonds. The van der Waals surface area contributed by atoms with E-state index in [9.17, 15) is 9.90 Å². The van der Waals surface area contributed by atoms with Crippen LogP contribution in [0.15, 0.2) is 24.3 Å². The van der Waals surface area contributed by atoms with E-state index in [2.05, 4.69) is 5.32 Å². The molecule has 2 rings (SSSR count). The van der Waals surface area contributed by atoms with E-state index < -0.39 is 5.60 Å². The van der Waals surface area contributed by atoms with Gasteiger partial charge in [-0.2, -0.15) is 0 Å². The Morgan fingerprint density at radius 3 is 2.71 bits per heavy atom. The molecule has 0 radical (unpaired) electrons. The number of carbonyl (C=O) groups is 1. The van der Waals surface area contributed by atoms with Crippen LogP contribution in [0.2, 0.25) is 0 Å². The number of nitrogens with one attached hydrogen (secondary N) is 1. The van der Waals surface area contributed by atoms with Crippen LogP contribution < -0.4 is 10.1 Å². The molecule has 1 aromatic carbocycles. The number of hydrogen-bond acceptors (Lipinski definition) is 3. The molecule has 1 fully saturated rings. The molecular weight excluding hydrogens is 304 g/mol. The van der Waals surface area contributed by atoms with E-state index in [1.54, 1.807) is 20.9 Å². The van der Waals surface area contributed by atoms with Gasteiger partial charge in [0.1, 0.15) is 5.75 Å². The Bertz CT molecular complexity index is 534. The molecule has 0 unspecified atom stereocenters. The number of likely N-dealkylation sites (N-methyl/N-ethyl adjacent to an activating group) is 1. The molecule has 0 atom stereocenters. The normalized spacial score (nSPS) is 15.8. The summed E-state index contributed by atoms with van der Waals surface area (Å²) in [6.07, 6.45) is 6.37. The molecule has 24 heavy (non-hydrogen) atoms. The molecule has 0 saturated heterocycles. The lowest BCUT2D eigenvalue weighted by atomic mass is 9.98. The number of amides is 2. The zero-order valence-corrected chi connectivity index (χ0v) is 15.0. The molecule has 2 N–H and O–H groups in total. The maximum Gasteiger partial charge on any atom is 0.317 e. The number of rotatable bonds is 6. The topological polar surface area (TPSA) is 61.8 Å². The summed E-state index contributed by atoms with van der Waals surface area (Å²) in [6.45, 7) is 4.09. The van der Waals surface area contributed by atoms with Crippen molar-refractivity contribution in [1.82, 2.24) is 10.2 Å². The fourth-order valence-corrected chi connectivity index (χ4v) is 3.07. The largest absolute Gasteiger partial charge is 0.490 e. The van der Waals surface area contributed by atoms with Gasteiger partial charge in [-0.05, 0) is 57.2 Å². The molecule has 1 aliphatic carbocycles. The van der Waals surface area contributed by atoms with Crippen LogP contribution >= 0.6 is 0 Å². The first-order valence-corrected chi connectivity index (χ1v) is 8.80. The monoisotopic (exact) mass is 334 g/mol. The molecule has 5 nitrogen and oxygen atoms in total. The quantitative estimate of drug-likeness (QED) is 0.839. The van der Waals surface area contributed by atoms with Gasteiger partial charge in [0.05, 0.1) is 18.2 Å². The van der Waals surface area contributed by atoms with E-state index in [0.29, 0.717) is 12.6 Å². The van der Waals surface area contributed by atoms with Gasteiger partial charge in [0.15, 0.2) is 0 Å². The van der Waals surface area contributed by atoms with E-state index in [1.807, 2.05) is 24.3 Å². The van der Waals surface area contributed by atoms with Crippen molar-refractivity contribution in [2.45, 2.75) is 64.2 Å². The lowest BCUT2D eigenvalue weighted by Crippen LogP contribution is -2.44. The number of benzene rings is 1. The summed E-state index contributed by atoms with van der Waals surface area (Å²) in [5.41, 5.74) is 0.105. The van der Waals surface area contributed by atoms with Gasteiger partial charge < -0.3 is 20.1 Å². The standard InChI is InChI=1S/C19H30N2O3/c1-19(2,23)14-21(3)18(22)20-13-15-8-7-11-17(12-15)24-16-9-5-4-6-10-16/h7-8,11-12,16,23H,4-6,9-10,13-14H2,1-3H3,(H,20,22). The summed E-state index contributed by atoms with van der Waals surface area (Å²) in [5.74, 6) is 0.874. The second-order valence-electron chi connectivity index (χ2n) is 7.35. The Morgan fingerprint density at radius 1 is 1.33 bits per heavy atom. The molecule has 1 saturated carbocycles. The fourth-order valence-electron chi connectivity index (χ4n) is 3.07. The number of aliphatic hydroxyl groups is 1. The van der Waals surface area contributed by atoms with E-state index in [-0.39, 0.29) is 12.6 Å². The van der Waals surface area contributed by atoms with Gasteiger partial charge in [-0.3, -0.25) is 0 Å². The lowest BCUT2D eigenvalue weighted by Gasteiger charge is -2.26. The summed E-state index contributed by atoms with van der Waals surface area (Å²) in [5, 5.41) is 12.6. The Labute approximate surface area is 145 Å². The minimum atomic E-state index is -0.903. The first-order valence-electron chi connectivity index (χ1n) is 8.80. The number of carbonyl (C=O) groups excluding carboxylic acids is 1. The van der Waals surface area contributed by atoms with Gasteiger partial charge in [0, 0.05) is 13.6 Å². The number of hydrogen-bond donors (Lipinski definition) is 2. The third-order valence-electron chi connectivity index (χ3n) is 4.17. The minimum Gasteiger partial charge on any atom is -0.490 e. The first kappa shape index (κ1) is 18.6. The van der Waals surface area contributed by atoms with Gasteiger partial charge in [0.2, 0.25) is 0 Å². The zero-order valence-electron chi connectivity index (χ0n) is 15.0. The molecule has 0 bridgehead atoms. The molecule has 0 heterocycles. The average molecular weight is 334 g/mol. The van der Waals surface area contributed by atoms with Gasteiger partial charge >= 0.3 is 6.03 Å². The zero-order chi connectivity index (χ0) is 17.6. The Hall–Kier alpha value is -1.75. The van der Waals surface area contributed by atoms with E-state index in [4.69, 9.17) is 4.74 Å². The van der Waals surface area contributed by atoms with Crippen LogP contribution in [0.1, 0.15) is 51.5 Å². The average Bonchev–Trinajstić information content (AvgIpc) is 2.52. The third kappa shape index (κ3) is 6.40. The molecule has 1 aromatic rings. The van der Waals surface area contributed by atoms with Crippen LogP contribution in [0.25, 0.3) is 0 Å². The maximum absolute atomic E-state index is 12.1. The van der Waals surface area contributed by atoms with Crippen LogP contribution in [0.5, 0.6) is 5.75 Å². The van der Waals surface area contributed by atoms with Crippen molar-refractivity contribution in [3.8, 4) is 5.75 Å². The second-order valence-corrected chi connectivity index (χ2v) is 7.35. The molecular formula is C19H30N2O3. The molecule has 0 spiro atoms. The van der Waals surface area contributed by atoms with Gasteiger partial charge in [-0.15, -0.1) is 0 Å². The van der Waals surface area contributed by atoms with Crippen molar-refractivity contribution in [3.05, 3.63) is 29.8 Å². The van der Waals surface area contributed by atoms with E-state index >= 15 is 0 Å². The number of ether oxygens (including phenoxy) is 1. The molecule has 134 valence electrons. The summed E-state index contributed by atoms with van der Waals surface area (Å²) in [6, 6.07) is 7.70. The van der Waals surface area contributed by atoms with Crippen LogP contribution in [0, 0.1) is 0 Å². The Balaban J connectivity index is 1.84. The molecule has 0 aromatic heterocycles. The third-order valence-corrected chi connectivity index (χ3v) is 4.17. The number of urea groups is 1. The molecule has 5 heteroatoms. The van der Waals surface area contributed by atoms with E-state index in [0.717, 1.165) is 24.2 Å². The van der Waals surface area contributed by atoms with Gasteiger partial charge in [0.25, 0.3) is 0 Å². The van der Waals surface area contributed by atoms with Crippen molar-refractivity contribution in [3.63, 3.8) is 0 Å². The number of nitrogens with zero attached hydrogens (tertiary/aromatic N) is 1. The maximum atomic E-state index is 12.1. The van der Waals surface area contributed by atoms with Gasteiger partial charge in [-0.1, -0.05) is 18.6 Å². The predicted molar refractivity (Wildman–Crippen MR) is 95.1 cm³/mol. The van der Waals surface area contributed by atoms with Crippen molar-refractivity contribution in [1.29, 1.82) is 0 Å². The second kappa shape index (κ2) is 8.38. The van der Waals surface area contributed by atoms with Crippen LogP contribution in [-0.4, -0.2) is 41.3 Å². The smallest absolute Gasteiger partial charge is 0.317 e. The van der Waals surface area contributed by atoms with Crippen molar-refractivity contribution in [2.75, 3.05) is 13.6 Å². The summed E-state index contributed by atoms with van der Waals surface area (Å²) < 4.78 is 6.06. The van der Waals surface area contributed by atoms with Crippen molar-refractivity contribution >= 4 is 6.03 Å². The van der Waals surface area contributed by atoms with Gasteiger partial charge in [-0.25, -0.2) is 4.79 Å². The first-order chi connectivity index (χ1) is 11.3. The summed E-state index contributed by atoms with van der Waals surface area (Å²) >= 11 is 0. The summed E-state index contributed by atoms with van der Waals surface area (Å²) in [7, 11) is 1.68. The Morgan fingerprint density at radius 2 is 2.04 bits per heavy atom. The van der Waals surface area contributed by atoms with Crippen molar-refractivity contribution < 1.29 is 14.6 Å². The molecule has 0 aliphatic heterocycles. The van der Waals surface area contributed by atoms with Crippen LogP contribution in [0.3, 0.4) is 0 Å². The lowest BCUT2D eigenvalue weighted by molar-refractivity contribution is 0.0531.